The third-order valence-corrected chi connectivity index (χ3v) is 7.91. The van der Waals surface area contributed by atoms with Gasteiger partial charge in [-0.05, 0) is 91.7 Å². The molecule has 0 saturated carbocycles. The topological polar surface area (TPSA) is 104 Å². The molecule has 0 spiro atoms. The molecule has 0 heterocycles. The first-order chi connectivity index (χ1) is 20.7. The van der Waals surface area contributed by atoms with Gasteiger partial charge in [-0.25, -0.2) is 0 Å². The van der Waals surface area contributed by atoms with Crippen LogP contribution >= 0.6 is 23.4 Å². The minimum Gasteiger partial charge on any atom is -0.325 e. The maximum atomic E-state index is 13.4. The van der Waals surface area contributed by atoms with Gasteiger partial charge in [-0.2, -0.15) is 0 Å². The summed E-state index contributed by atoms with van der Waals surface area (Å²) in [4.78, 5) is 51.6. The van der Waals surface area contributed by atoms with E-state index in [2.05, 4.69) is 16.0 Å². The van der Waals surface area contributed by atoms with E-state index in [1.54, 1.807) is 103 Å². The number of hydrogen-bond acceptors (Lipinski definition) is 5. The first-order valence-corrected chi connectivity index (χ1v) is 14.8. The van der Waals surface area contributed by atoms with Crippen LogP contribution in [0.4, 0.5) is 11.4 Å². The second-order valence-electron chi connectivity index (χ2n) is 9.55. The molecular formula is C34H30ClN3O4S. The number of hydrogen-bond donors (Lipinski definition) is 3. The van der Waals surface area contributed by atoms with E-state index >= 15 is 0 Å². The zero-order valence-electron chi connectivity index (χ0n) is 23.6. The van der Waals surface area contributed by atoms with Gasteiger partial charge in [-0.15, -0.1) is 11.8 Å². The molecule has 0 aliphatic rings. The molecule has 0 aliphatic carbocycles. The van der Waals surface area contributed by atoms with Crippen LogP contribution in [-0.4, -0.2) is 28.8 Å². The summed E-state index contributed by atoms with van der Waals surface area (Å²) in [6.45, 7) is 3.41. The second-order valence-corrected chi connectivity index (χ2v) is 11.3. The molecule has 1 atom stereocenters. The van der Waals surface area contributed by atoms with Crippen molar-refractivity contribution in [2.75, 3.05) is 10.6 Å². The van der Waals surface area contributed by atoms with Crippen molar-refractivity contribution in [2.24, 2.45) is 0 Å². The van der Waals surface area contributed by atoms with E-state index in [0.29, 0.717) is 39.5 Å². The number of ketones is 1. The number of carbonyl (C=O) groups is 4. The summed E-state index contributed by atoms with van der Waals surface area (Å²) in [6, 6.07) is 29.4. The Kier molecular flexibility index (Phi) is 10.9. The number of Topliss-reactive ketones (excluding diaryl/α,β-unsaturated/α-hetero) is 1. The lowest BCUT2D eigenvalue weighted by atomic mass is 10.1. The van der Waals surface area contributed by atoms with E-state index in [-0.39, 0.29) is 17.4 Å². The van der Waals surface area contributed by atoms with Crippen LogP contribution < -0.4 is 16.0 Å². The van der Waals surface area contributed by atoms with E-state index in [0.717, 1.165) is 4.90 Å². The highest BCUT2D eigenvalue weighted by Gasteiger charge is 2.19. The predicted octanol–water partition coefficient (Wildman–Crippen LogP) is 7.46. The van der Waals surface area contributed by atoms with Gasteiger partial charge in [0.25, 0.3) is 11.8 Å². The number of carbonyl (C=O) groups excluding carboxylic acids is 4. The van der Waals surface area contributed by atoms with Crippen molar-refractivity contribution < 1.29 is 19.2 Å². The normalized spacial score (nSPS) is 11.7. The number of benzene rings is 4. The number of anilines is 2. The van der Waals surface area contributed by atoms with Crippen LogP contribution in [-0.2, 0) is 9.59 Å². The van der Waals surface area contributed by atoms with Crippen molar-refractivity contribution in [2.45, 2.75) is 30.4 Å². The molecule has 9 heteroatoms. The average molecular weight is 612 g/mol. The highest BCUT2D eigenvalue weighted by Crippen LogP contribution is 2.29. The van der Waals surface area contributed by atoms with Gasteiger partial charge >= 0.3 is 0 Å². The molecule has 0 bridgehead atoms. The fraction of sp³-hybridized carbons (Fsp3) is 0.118. The molecule has 0 fully saturated rings. The van der Waals surface area contributed by atoms with Crippen LogP contribution in [0.3, 0.4) is 0 Å². The Morgan fingerprint density at radius 2 is 1.49 bits per heavy atom. The maximum absolute atomic E-state index is 13.4. The molecule has 0 radical (unpaired) electrons. The van der Waals surface area contributed by atoms with E-state index in [9.17, 15) is 19.2 Å². The SMILES string of the molecule is CCC(Sc1cccc(NC(=O)/C(=C/c2ccc(Cl)cc2)NC(=O)c2ccccc2)c1)C(=O)Nc1ccc(C(C)=O)cc1. The van der Waals surface area contributed by atoms with E-state index in [1.807, 2.05) is 13.0 Å². The zero-order valence-corrected chi connectivity index (χ0v) is 25.2. The van der Waals surface area contributed by atoms with Crippen molar-refractivity contribution in [3.05, 3.63) is 131 Å². The number of thioether (sulfide) groups is 1. The number of halogens is 1. The molecule has 7 nitrogen and oxygen atoms in total. The van der Waals surface area contributed by atoms with Gasteiger partial charge in [0, 0.05) is 32.4 Å². The third kappa shape index (κ3) is 9.16. The quantitative estimate of drug-likeness (QED) is 0.0927. The fourth-order valence-corrected chi connectivity index (χ4v) is 5.15. The van der Waals surface area contributed by atoms with Crippen molar-refractivity contribution in [1.82, 2.24) is 5.32 Å². The lowest BCUT2D eigenvalue weighted by Gasteiger charge is -2.16. The number of nitrogens with one attached hydrogen (secondary N) is 3. The van der Waals surface area contributed by atoms with E-state index in [1.165, 1.54) is 18.7 Å². The molecule has 4 rings (SSSR count). The Hall–Kier alpha value is -4.66. The van der Waals surface area contributed by atoms with Crippen LogP contribution in [0, 0.1) is 0 Å². The summed E-state index contributed by atoms with van der Waals surface area (Å²) in [5.74, 6) is -1.15. The maximum Gasteiger partial charge on any atom is 0.272 e. The van der Waals surface area contributed by atoms with Crippen LogP contribution in [0.15, 0.2) is 114 Å². The smallest absolute Gasteiger partial charge is 0.272 e. The third-order valence-electron chi connectivity index (χ3n) is 6.30. The monoisotopic (exact) mass is 611 g/mol. The fourth-order valence-electron chi connectivity index (χ4n) is 4.01. The van der Waals surface area contributed by atoms with Gasteiger partial charge in [-0.3, -0.25) is 19.2 Å². The molecule has 4 aromatic rings. The van der Waals surface area contributed by atoms with Crippen LogP contribution in [0.2, 0.25) is 5.02 Å². The molecule has 4 aromatic carbocycles. The molecule has 218 valence electrons. The van der Waals surface area contributed by atoms with Gasteiger partial charge in [0.2, 0.25) is 5.91 Å². The van der Waals surface area contributed by atoms with Gasteiger partial charge < -0.3 is 16.0 Å². The molecule has 1 unspecified atom stereocenters. The Balaban J connectivity index is 1.47. The zero-order chi connectivity index (χ0) is 30.8. The molecule has 0 aliphatic heterocycles. The first-order valence-electron chi connectivity index (χ1n) is 13.6. The first kappa shape index (κ1) is 31.3. The highest BCUT2D eigenvalue weighted by atomic mass is 35.5. The molecule has 3 N–H and O–H groups in total. The lowest BCUT2D eigenvalue weighted by Crippen LogP contribution is -2.30. The van der Waals surface area contributed by atoms with Crippen LogP contribution in [0.1, 0.15) is 46.5 Å². The Morgan fingerprint density at radius 1 is 0.791 bits per heavy atom. The standard InChI is InChI=1S/C34H30ClN3O4S/c1-3-31(34(42)36-27-18-14-24(15-19-27)22(2)39)43-29-11-7-10-28(21-29)37-33(41)30(20-23-12-16-26(35)17-13-23)38-32(40)25-8-5-4-6-9-25/h4-21,31H,3H2,1-2H3,(H,36,42)(H,37,41)(H,38,40)/b30-20-. The van der Waals surface area contributed by atoms with Crippen molar-refractivity contribution in [3.8, 4) is 0 Å². The minimum atomic E-state index is -0.514. The molecule has 0 aromatic heterocycles. The van der Waals surface area contributed by atoms with Gasteiger partial charge in [0.15, 0.2) is 5.78 Å². The molecule has 0 saturated heterocycles. The van der Waals surface area contributed by atoms with E-state index < -0.39 is 17.1 Å². The minimum absolute atomic E-state index is 0.0435. The predicted molar refractivity (Wildman–Crippen MR) is 173 cm³/mol. The lowest BCUT2D eigenvalue weighted by molar-refractivity contribution is -0.116. The van der Waals surface area contributed by atoms with Crippen molar-refractivity contribution in [1.29, 1.82) is 0 Å². The highest BCUT2D eigenvalue weighted by molar-refractivity contribution is 8.00. The van der Waals surface area contributed by atoms with E-state index in [4.69, 9.17) is 11.6 Å². The Bertz CT molecular complexity index is 1640. The average Bonchev–Trinajstić information content (AvgIpc) is 3.01. The summed E-state index contributed by atoms with van der Waals surface area (Å²) in [7, 11) is 0. The van der Waals surface area contributed by atoms with Crippen molar-refractivity contribution in [3.63, 3.8) is 0 Å². The Labute approximate surface area is 259 Å². The summed E-state index contributed by atoms with van der Waals surface area (Å²) < 4.78 is 0. The second kappa shape index (κ2) is 15.0. The van der Waals surface area contributed by atoms with Crippen LogP contribution in [0.5, 0.6) is 0 Å². The largest absolute Gasteiger partial charge is 0.325 e. The van der Waals surface area contributed by atoms with Gasteiger partial charge in [0.1, 0.15) is 5.70 Å². The molecule has 3 amide bonds. The summed E-state index contributed by atoms with van der Waals surface area (Å²) in [6.07, 6.45) is 2.14. The van der Waals surface area contributed by atoms with Crippen LogP contribution in [0.25, 0.3) is 6.08 Å². The molecular weight excluding hydrogens is 582 g/mol. The summed E-state index contributed by atoms with van der Waals surface area (Å²) in [5, 5.41) is 8.63. The summed E-state index contributed by atoms with van der Waals surface area (Å²) >= 11 is 7.38. The van der Waals surface area contributed by atoms with Crippen molar-refractivity contribution >= 4 is 64.3 Å². The number of rotatable bonds is 11. The van der Waals surface area contributed by atoms with Gasteiger partial charge in [-0.1, -0.05) is 54.9 Å². The number of amides is 3. The Morgan fingerprint density at radius 3 is 2.14 bits per heavy atom. The molecule has 43 heavy (non-hydrogen) atoms. The van der Waals surface area contributed by atoms with Gasteiger partial charge in [0.05, 0.1) is 5.25 Å². The summed E-state index contributed by atoms with van der Waals surface area (Å²) in [5.41, 5.74) is 2.82.